The fourth-order valence-corrected chi connectivity index (χ4v) is 4.39. The lowest BCUT2D eigenvalue weighted by atomic mass is 9.97. The largest absolute Gasteiger partial charge is 0.489 e. The van der Waals surface area contributed by atoms with E-state index >= 15 is 0 Å². The molecule has 0 amide bonds. The standard InChI is InChI=1S/C33H29N3O2/c1-4-27-20-35-33(36-27)31-17-16-29(19-32(31)38-21-24-10-8-14-28(18-24)34-3)37-22-26-13-9-15-30(23(26)2)25-11-6-5-7-12-25/h5-20H,4,21-22H2,1-2H3,(H,35,36). The fourth-order valence-electron chi connectivity index (χ4n) is 4.39. The van der Waals surface area contributed by atoms with Crippen molar-refractivity contribution in [2.75, 3.05) is 0 Å². The zero-order valence-corrected chi connectivity index (χ0v) is 21.6. The van der Waals surface area contributed by atoms with Gasteiger partial charge >= 0.3 is 0 Å². The Balaban J connectivity index is 1.40. The molecule has 5 rings (SSSR count). The Hall–Kier alpha value is -4.82. The zero-order valence-electron chi connectivity index (χ0n) is 21.6. The molecule has 0 unspecified atom stereocenters. The molecular formula is C33H29N3O2. The van der Waals surface area contributed by atoms with Crippen LogP contribution in [0.15, 0.2) is 97.2 Å². The third kappa shape index (κ3) is 5.61. The van der Waals surface area contributed by atoms with Crippen LogP contribution in [0.1, 0.15) is 29.3 Å². The Morgan fingerprint density at radius 1 is 0.842 bits per heavy atom. The number of aryl methyl sites for hydroxylation is 1. The van der Waals surface area contributed by atoms with E-state index in [9.17, 15) is 0 Å². The van der Waals surface area contributed by atoms with Crippen molar-refractivity contribution in [3.63, 3.8) is 0 Å². The quantitative estimate of drug-likeness (QED) is 0.207. The monoisotopic (exact) mass is 499 g/mol. The Morgan fingerprint density at radius 2 is 1.68 bits per heavy atom. The molecule has 0 atom stereocenters. The van der Waals surface area contributed by atoms with E-state index in [0.717, 1.165) is 34.6 Å². The minimum atomic E-state index is 0.333. The van der Waals surface area contributed by atoms with E-state index in [1.54, 1.807) is 6.07 Å². The predicted octanol–water partition coefficient (Wildman–Crippen LogP) is 8.32. The molecule has 0 bridgehead atoms. The van der Waals surface area contributed by atoms with Crippen molar-refractivity contribution in [1.82, 2.24) is 9.97 Å². The van der Waals surface area contributed by atoms with Crippen molar-refractivity contribution in [2.45, 2.75) is 33.5 Å². The van der Waals surface area contributed by atoms with Gasteiger partial charge in [-0.05, 0) is 59.4 Å². The summed E-state index contributed by atoms with van der Waals surface area (Å²) in [5, 5.41) is 0. The first kappa shape index (κ1) is 24.9. The molecule has 0 spiro atoms. The molecule has 38 heavy (non-hydrogen) atoms. The van der Waals surface area contributed by atoms with Gasteiger partial charge in [-0.15, -0.1) is 0 Å². The number of H-pyrrole nitrogens is 1. The lowest BCUT2D eigenvalue weighted by Crippen LogP contribution is -2.01. The molecule has 0 fully saturated rings. The van der Waals surface area contributed by atoms with Crippen molar-refractivity contribution in [3.8, 4) is 34.0 Å². The SMILES string of the molecule is [C-]#[N+]c1cccc(COc2cc(OCc3cccc(-c4ccccc4)c3C)ccc2-c2ncc(CC)[nH]2)c1. The van der Waals surface area contributed by atoms with E-state index in [2.05, 4.69) is 71.1 Å². The number of rotatable bonds is 9. The molecule has 0 aliphatic carbocycles. The fraction of sp³-hybridized carbons (Fsp3) is 0.152. The van der Waals surface area contributed by atoms with Crippen LogP contribution >= 0.6 is 0 Å². The van der Waals surface area contributed by atoms with Gasteiger partial charge in [-0.25, -0.2) is 9.83 Å². The van der Waals surface area contributed by atoms with Gasteiger partial charge < -0.3 is 14.5 Å². The Morgan fingerprint density at radius 3 is 2.47 bits per heavy atom. The van der Waals surface area contributed by atoms with Crippen molar-refractivity contribution in [1.29, 1.82) is 0 Å². The third-order valence-corrected chi connectivity index (χ3v) is 6.58. The second-order valence-corrected chi connectivity index (χ2v) is 9.08. The minimum absolute atomic E-state index is 0.333. The van der Waals surface area contributed by atoms with Crippen LogP contribution in [-0.4, -0.2) is 9.97 Å². The number of nitrogens with one attached hydrogen (secondary N) is 1. The van der Waals surface area contributed by atoms with Crippen LogP contribution in [0.25, 0.3) is 27.4 Å². The summed E-state index contributed by atoms with van der Waals surface area (Å²) in [5.74, 6) is 2.14. The van der Waals surface area contributed by atoms with Crippen LogP contribution in [0.2, 0.25) is 0 Å². The van der Waals surface area contributed by atoms with Crippen LogP contribution in [0.4, 0.5) is 5.69 Å². The average Bonchev–Trinajstić information content (AvgIpc) is 3.45. The van der Waals surface area contributed by atoms with Crippen LogP contribution in [-0.2, 0) is 19.6 Å². The number of benzene rings is 4. The highest BCUT2D eigenvalue weighted by atomic mass is 16.5. The molecule has 5 nitrogen and oxygen atoms in total. The maximum atomic E-state index is 7.28. The molecule has 5 heteroatoms. The van der Waals surface area contributed by atoms with E-state index < -0.39 is 0 Å². The molecule has 1 aromatic heterocycles. The molecule has 0 aliphatic rings. The van der Waals surface area contributed by atoms with E-state index in [1.165, 1.54) is 16.7 Å². The molecule has 5 aromatic rings. The van der Waals surface area contributed by atoms with Crippen molar-refractivity contribution >= 4 is 5.69 Å². The normalized spacial score (nSPS) is 10.7. The second kappa shape index (κ2) is 11.5. The summed E-state index contributed by atoms with van der Waals surface area (Å²) >= 11 is 0. The van der Waals surface area contributed by atoms with Crippen molar-refractivity contribution in [3.05, 3.63) is 131 Å². The number of ether oxygens (including phenoxy) is 2. The highest BCUT2D eigenvalue weighted by Gasteiger charge is 2.13. The number of hydrogen-bond donors (Lipinski definition) is 1. The molecule has 0 saturated heterocycles. The van der Waals surface area contributed by atoms with E-state index in [4.69, 9.17) is 16.0 Å². The van der Waals surface area contributed by atoms with Gasteiger partial charge in [-0.2, -0.15) is 0 Å². The summed E-state index contributed by atoms with van der Waals surface area (Å²) in [7, 11) is 0. The molecule has 1 heterocycles. The van der Waals surface area contributed by atoms with Gasteiger partial charge in [0.05, 0.1) is 12.1 Å². The maximum Gasteiger partial charge on any atom is 0.187 e. The van der Waals surface area contributed by atoms with Gasteiger partial charge in [0.2, 0.25) is 0 Å². The molecule has 1 N–H and O–H groups in total. The summed E-state index contributed by atoms with van der Waals surface area (Å²) < 4.78 is 12.5. The highest BCUT2D eigenvalue weighted by Crippen LogP contribution is 2.34. The zero-order chi connectivity index (χ0) is 26.3. The molecule has 0 aliphatic heterocycles. The predicted molar refractivity (Wildman–Crippen MR) is 151 cm³/mol. The number of imidazole rings is 1. The number of nitrogens with zero attached hydrogens (tertiary/aromatic N) is 2. The van der Waals surface area contributed by atoms with E-state index in [1.807, 2.05) is 48.7 Å². The van der Waals surface area contributed by atoms with Gasteiger partial charge in [-0.3, -0.25) is 0 Å². The number of aromatic nitrogens is 2. The van der Waals surface area contributed by atoms with Crippen LogP contribution < -0.4 is 9.47 Å². The van der Waals surface area contributed by atoms with Gasteiger partial charge in [0.15, 0.2) is 5.69 Å². The Bertz CT molecular complexity index is 1580. The first-order valence-corrected chi connectivity index (χ1v) is 12.7. The first-order chi connectivity index (χ1) is 18.6. The van der Waals surface area contributed by atoms with Crippen LogP contribution in [0.5, 0.6) is 11.5 Å². The summed E-state index contributed by atoms with van der Waals surface area (Å²) in [6.45, 7) is 12.3. The lowest BCUT2D eigenvalue weighted by Gasteiger charge is -2.15. The molecule has 4 aromatic carbocycles. The topological polar surface area (TPSA) is 51.5 Å². The van der Waals surface area contributed by atoms with Crippen LogP contribution in [0.3, 0.4) is 0 Å². The summed E-state index contributed by atoms with van der Waals surface area (Å²) in [6, 6.07) is 30.0. The molecular weight excluding hydrogens is 470 g/mol. The summed E-state index contributed by atoms with van der Waals surface area (Å²) in [4.78, 5) is 11.5. The summed E-state index contributed by atoms with van der Waals surface area (Å²) in [6.07, 6.45) is 2.72. The van der Waals surface area contributed by atoms with Gasteiger partial charge in [0.1, 0.15) is 30.5 Å². The van der Waals surface area contributed by atoms with Crippen molar-refractivity contribution < 1.29 is 9.47 Å². The minimum Gasteiger partial charge on any atom is -0.489 e. The maximum absolute atomic E-state index is 7.28. The first-order valence-electron chi connectivity index (χ1n) is 12.7. The highest BCUT2D eigenvalue weighted by molar-refractivity contribution is 5.68. The Labute approximate surface area is 223 Å². The summed E-state index contributed by atoms with van der Waals surface area (Å²) in [5.41, 5.74) is 8.18. The van der Waals surface area contributed by atoms with Crippen LogP contribution in [0, 0.1) is 13.5 Å². The van der Waals surface area contributed by atoms with E-state index in [0.29, 0.717) is 30.4 Å². The average molecular weight is 500 g/mol. The molecule has 0 saturated carbocycles. The third-order valence-electron chi connectivity index (χ3n) is 6.58. The lowest BCUT2D eigenvalue weighted by molar-refractivity contribution is 0.290. The Kier molecular flexibility index (Phi) is 7.52. The van der Waals surface area contributed by atoms with Gasteiger partial charge in [-0.1, -0.05) is 73.7 Å². The van der Waals surface area contributed by atoms with Crippen molar-refractivity contribution in [2.24, 2.45) is 0 Å². The molecule has 0 radical (unpaired) electrons. The number of hydrogen-bond acceptors (Lipinski definition) is 3. The van der Waals surface area contributed by atoms with Gasteiger partial charge in [0.25, 0.3) is 0 Å². The second-order valence-electron chi connectivity index (χ2n) is 9.08. The smallest absolute Gasteiger partial charge is 0.187 e. The molecule has 188 valence electrons. The van der Waals surface area contributed by atoms with Gasteiger partial charge in [0, 0.05) is 18.0 Å². The number of aromatic amines is 1. The van der Waals surface area contributed by atoms with E-state index in [-0.39, 0.29) is 0 Å².